The Bertz CT molecular complexity index is 1150. The number of thioether (sulfide) groups is 1. The molecule has 1 aliphatic heterocycles. The number of carbonyl (C=O) groups is 2. The SMILES string of the molecule is Cc1cccc(CN2C(=O)S/C(=C\c3ccc(-c4ccc(F)c(Cl)c4)o3)C2=O)c1. The topological polar surface area (TPSA) is 50.5 Å². The van der Waals surface area contributed by atoms with E-state index in [4.69, 9.17) is 16.0 Å². The van der Waals surface area contributed by atoms with Crippen molar-refractivity contribution in [1.29, 1.82) is 0 Å². The van der Waals surface area contributed by atoms with Crippen molar-refractivity contribution in [2.45, 2.75) is 13.5 Å². The molecule has 146 valence electrons. The number of amides is 2. The van der Waals surface area contributed by atoms with Gasteiger partial charge in [-0.1, -0.05) is 41.4 Å². The lowest BCUT2D eigenvalue weighted by Gasteiger charge is -2.12. The summed E-state index contributed by atoms with van der Waals surface area (Å²) in [7, 11) is 0. The van der Waals surface area contributed by atoms with Crippen LogP contribution in [0.4, 0.5) is 9.18 Å². The zero-order chi connectivity index (χ0) is 20.5. The number of benzene rings is 2. The number of nitrogens with zero attached hydrogens (tertiary/aromatic N) is 1. The van der Waals surface area contributed by atoms with Crippen molar-refractivity contribution in [2.24, 2.45) is 0 Å². The van der Waals surface area contributed by atoms with Crippen LogP contribution in [0.1, 0.15) is 16.9 Å². The molecule has 0 N–H and O–H groups in total. The molecule has 3 aromatic rings. The van der Waals surface area contributed by atoms with Gasteiger partial charge in [-0.15, -0.1) is 0 Å². The van der Waals surface area contributed by atoms with Gasteiger partial charge < -0.3 is 4.42 Å². The predicted octanol–water partition coefficient (Wildman–Crippen LogP) is 6.28. The second-order valence-electron chi connectivity index (χ2n) is 6.59. The Labute approximate surface area is 176 Å². The zero-order valence-corrected chi connectivity index (χ0v) is 16.9. The maximum Gasteiger partial charge on any atom is 0.293 e. The first-order chi connectivity index (χ1) is 13.9. The van der Waals surface area contributed by atoms with E-state index in [2.05, 4.69) is 0 Å². The van der Waals surface area contributed by atoms with Crippen molar-refractivity contribution >= 4 is 40.6 Å². The standard InChI is InChI=1S/C22H15ClFNO3S/c1-13-3-2-4-14(9-13)12-25-21(26)20(29-22(25)27)11-16-6-8-19(28-16)15-5-7-18(24)17(23)10-15/h2-11H,12H2,1H3/b20-11-. The van der Waals surface area contributed by atoms with Gasteiger partial charge in [-0.2, -0.15) is 0 Å². The summed E-state index contributed by atoms with van der Waals surface area (Å²) in [6.07, 6.45) is 1.54. The average molecular weight is 428 g/mol. The zero-order valence-electron chi connectivity index (χ0n) is 15.3. The molecular formula is C22H15ClFNO3S. The second kappa shape index (κ2) is 7.89. The van der Waals surface area contributed by atoms with Gasteiger partial charge in [0.2, 0.25) is 0 Å². The fourth-order valence-corrected chi connectivity index (χ4v) is 3.99. The Morgan fingerprint density at radius 3 is 2.72 bits per heavy atom. The van der Waals surface area contributed by atoms with E-state index in [1.54, 1.807) is 18.2 Å². The summed E-state index contributed by atoms with van der Waals surface area (Å²) in [5, 5.41) is -0.322. The lowest BCUT2D eigenvalue weighted by atomic mass is 10.1. The predicted molar refractivity (Wildman–Crippen MR) is 112 cm³/mol. The molecule has 0 aliphatic carbocycles. The minimum Gasteiger partial charge on any atom is -0.457 e. The average Bonchev–Trinajstić information content (AvgIpc) is 3.25. The Morgan fingerprint density at radius 1 is 1.14 bits per heavy atom. The number of halogens is 2. The van der Waals surface area contributed by atoms with Crippen molar-refractivity contribution in [1.82, 2.24) is 4.90 Å². The molecular weight excluding hydrogens is 413 g/mol. The van der Waals surface area contributed by atoms with Crippen LogP contribution in [0.25, 0.3) is 17.4 Å². The van der Waals surface area contributed by atoms with E-state index in [0.29, 0.717) is 22.0 Å². The molecule has 2 amide bonds. The molecule has 4 nitrogen and oxygen atoms in total. The van der Waals surface area contributed by atoms with Crippen LogP contribution in [0.5, 0.6) is 0 Å². The van der Waals surface area contributed by atoms with E-state index in [9.17, 15) is 14.0 Å². The third kappa shape index (κ3) is 4.13. The second-order valence-corrected chi connectivity index (χ2v) is 7.99. The third-order valence-electron chi connectivity index (χ3n) is 4.40. The highest BCUT2D eigenvalue weighted by Gasteiger charge is 2.35. The van der Waals surface area contributed by atoms with Crippen molar-refractivity contribution in [3.05, 3.63) is 87.2 Å². The van der Waals surface area contributed by atoms with Crippen LogP contribution in [-0.2, 0) is 11.3 Å². The largest absolute Gasteiger partial charge is 0.457 e. The molecule has 1 fully saturated rings. The van der Waals surface area contributed by atoms with E-state index in [0.717, 1.165) is 22.9 Å². The van der Waals surface area contributed by atoms with E-state index in [1.165, 1.54) is 23.1 Å². The summed E-state index contributed by atoms with van der Waals surface area (Å²) in [5.74, 6) is 0.0346. The van der Waals surface area contributed by atoms with Crippen LogP contribution < -0.4 is 0 Å². The number of furan rings is 1. The molecule has 0 bridgehead atoms. The highest BCUT2D eigenvalue weighted by atomic mass is 35.5. The van der Waals surface area contributed by atoms with E-state index in [1.807, 2.05) is 31.2 Å². The first-order valence-corrected chi connectivity index (χ1v) is 9.96. The maximum atomic E-state index is 13.3. The van der Waals surface area contributed by atoms with Gasteiger partial charge in [-0.3, -0.25) is 14.5 Å². The minimum absolute atomic E-state index is 0.00211. The lowest BCUT2D eigenvalue weighted by molar-refractivity contribution is -0.123. The van der Waals surface area contributed by atoms with E-state index < -0.39 is 5.82 Å². The smallest absolute Gasteiger partial charge is 0.293 e. The molecule has 7 heteroatoms. The van der Waals surface area contributed by atoms with Gasteiger partial charge in [0.25, 0.3) is 11.1 Å². The molecule has 4 rings (SSSR count). The third-order valence-corrected chi connectivity index (χ3v) is 5.60. The van der Waals surface area contributed by atoms with Crippen molar-refractivity contribution < 1.29 is 18.4 Å². The Morgan fingerprint density at radius 2 is 1.97 bits per heavy atom. The highest BCUT2D eigenvalue weighted by molar-refractivity contribution is 8.18. The van der Waals surface area contributed by atoms with Gasteiger partial charge in [0, 0.05) is 11.6 Å². The van der Waals surface area contributed by atoms with Crippen molar-refractivity contribution in [3.63, 3.8) is 0 Å². The van der Waals surface area contributed by atoms with Gasteiger partial charge in [0.15, 0.2) is 0 Å². The molecule has 1 aromatic heterocycles. The number of carbonyl (C=O) groups excluding carboxylic acids is 2. The summed E-state index contributed by atoms with van der Waals surface area (Å²) in [4.78, 5) is 26.5. The Hall–Kier alpha value is -2.83. The minimum atomic E-state index is -0.510. The number of hydrogen-bond donors (Lipinski definition) is 0. The number of rotatable bonds is 4. The van der Waals surface area contributed by atoms with Crippen LogP contribution in [0.15, 0.2) is 63.9 Å². The van der Waals surface area contributed by atoms with Gasteiger partial charge >= 0.3 is 0 Å². The van der Waals surface area contributed by atoms with Gasteiger partial charge in [-0.25, -0.2) is 4.39 Å². The fraction of sp³-hybridized carbons (Fsp3) is 0.0909. The summed E-state index contributed by atoms with van der Waals surface area (Å²) < 4.78 is 19.1. The van der Waals surface area contributed by atoms with E-state index >= 15 is 0 Å². The molecule has 2 heterocycles. The van der Waals surface area contributed by atoms with Gasteiger partial charge in [-0.05, 0) is 54.6 Å². The Kier molecular flexibility index (Phi) is 5.30. The molecule has 29 heavy (non-hydrogen) atoms. The monoisotopic (exact) mass is 427 g/mol. The van der Waals surface area contributed by atoms with Crippen molar-refractivity contribution in [3.8, 4) is 11.3 Å². The van der Waals surface area contributed by atoms with Crippen LogP contribution in [0, 0.1) is 12.7 Å². The van der Waals surface area contributed by atoms with Crippen LogP contribution in [0.2, 0.25) is 5.02 Å². The normalized spacial score (nSPS) is 15.6. The molecule has 0 spiro atoms. The van der Waals surface area contributed by atoms with Gasteiger partial charge in [0.05, 0.1) is 16.5 Å². The first kappa shape index (κ1) is 19.5. The Balaban J connectivity index is 1.54. The molecule has 0 radical (unpaired) electrons. The summed E-state index contributed by atoms with van der Waals surface area (Å²) in [5.41, 5.74) is 2.57. The first-order valence-electron chi connectivity index (χ1n) is 8.77. The molecule has 0 saturated carbocycles. The number of hydrogen-bond acceptors (Lipinski definition) is 4. The van der Waals surface area contributed by atoms with Crippen LogP contribution in [0.3, 0.4) is 0 Å². The lowest BCUT2D eigenvalue weighted by Crippen LogP contribution is -2.27. The highest BCUT2D eigenvalue weighted by Crippen LogP contribution is 2.34. The van der Waals surface area contributed by atoms with E-state index in [-0.39, 0.29) is 22.7 Å². The maximum absolute atomic E-state index is 13.3. The quantitative estimate of drug-likeness (QED) is 0.459. The number of imide groups is 1. The fourth-order valence-electron chi connectivity index (χ4n) is 2.99. The van der Waals surface area contributed by atoms with Crippen molar-refractivity contribution in [2.75, 3.05) is 0 Å². The molecule has 0 atom stereocenters. The van der Waals surface area contributed by atoms with Gasteiger partial charge in [0.1, 0.15) is 17.3 Å². The van der Waals surface area contributed by atoms with Crippen LogP contribution in [-0.4, -0.2) is 16.0 Å². The summed E-state index contributed by atoms with van der Waals surface area (Å²) in [6, 6.07) is 15.3. The number of aryl methyl sites for hydroxylation is 1. The van der Waals surface area contributed by atoms with Crippen LogP contribution >= 0.6 is 23.4 Å². The molecule has 1 saturated heterocycles. The molecule has 2 aromatic carbocycles. The molecule has 1 aliphatic rings. The molecule has 0 unspecified atom stereocenters. The summed E-state index contributed by atoms with van der Waals surface area (Å²) >= 11 is 6.69. The summed E-state index contributed by atoms with van der Waals surface area (Å²) in [6.45, 7) is 2.18.